The third kappa shape index (κ3) is 1.98. The molecule has 2 rings (SSSR count). The second-order valence-corrected chi connectivity index (χ2v) is 3.11. The maximum Gasteiger partial charge on any atom is 0.377 e. The Morgan fingerprint density at radius 2 is 2.25 bits per heavy atom. The monoisotopic (exact) mass is 239 g/mol. The summed E-state index contributed by atoms with van der Waals surface area (Å²) in [5.74, 6) is -0.244. The highest BCUT2D eigenvalue weighted by Gasteiger charge is 2.12. The molecule has 0 aliphatic heterocycles. The molecule has 7 nitrogen and oxygen atoms in total. The maximum absolute atomic E-state index is 11.1. The molecule has 0 aliphatic rings. The van der Waals surface area contributed by atoms with Crippen molar-refractivity contribution in [3.63, 3.8) is 0 Å². The number of hydrogen-bond donors (Lipinski definition) is 0. The molecule has 0 amide bonds. The Morgan fingerprint density at radius 3 is 2.88 bits per heavy atom. The van der Waals surface area contributed by atoms with Gasteiger partial charge in [-0.25, -0.2) is 9.78 Å². The molecule has 0 saturated carbocycles. The summed E-state index contributed by atoms with van der Waals surface area (Å²) in [6.45, 7) is 0. The first-order chi connectivity index (χ1) is 7.70. The number of halogens is 1. The fourth-order valence-corrected chi connectivity index (χ4v) is 1.09. The van der Waals surface area contributed by atoms with Gasteiger partial charge in [0.05, 0.1) is 7.11 Å². The maximum atomic E-state index is 11.1. The number of esters is 1. The summed E-state index contributed by atoms with van der Waals surface area (Å²) in [5, 5.41) is 11.6. The molecule has 16 heavy (non-hydrogen) atoms. The number of ether oxygens (including phenoxy) is 1. The van der Waals surface area contributed by atoms with Gasteiger partial charge in [0.1, 0.15) is 6.33 Å². The number of hydrogen-bond acceptors (Lipinski definition) is 6. The molecule has 82 valence electrons. The van der Waals surface area contributed by atoms with Crippen molar-refractivity contribution in [3.05, 3.63) is 29.4 Å². The van der Waals surface area contributed by atoms with Crippen LogP contribution >= 0.6 is 11.6 Å². The lowest BCUT2D eigenvalue weighted by atomic mass is 10.5. The van der Waals surface area contributed by atoms with Crippen molar-refractivity contribution in [1.29, 1.82) is 0 Å². The van der Waals surface area contributed by atoms with Crippen molar-refractivity contribution in [2.24, 2.45) is 0 Å². The predicted molar refractivity (Wildman–Crippen MR) is 53.3 cm³/mol. The molecular weight excluding hydrogens is 234 g/mol. The van der Waals surface area contributed by atoms with E-state index < -0.39 is 5.97 Å². The van der Waals surface area contributed by atoms with Gasteiger partial charge in [0.2, 0.25) is 0 Å². The zero-order valence-electron chi connectivity index (χ0n) is 8.16. The van der Waals surface area contributed by atoms with E-state index in [-0.39, 0.29) is 11.0 Å². The van der Waals surface area contributed by atoms with E-state index in [1.165, 1.54) is 18.1 Å². The molecule has 8 heteroatoms. The third-order valence-corrected chi connectivity index (χ3v) is 1.91. The summed E-state index contributed by atoms with van der Waals surface area (Å²) in [7, 11) is 1.26. The SMILES string of the molecule is COC(=O)c1ncn(-c2ccc(Cl)nn2)n1. The summed E-state index contributed by atoms with van der Waals surface area (Å²) >= 11 is 5.58. The Kier molecular flexibility index (Phi) is 2.78. The first kappa shape index (κ1) is 10.5. The molecule has 0 aliphatic carbocycles. The normalized spacial score (nSPS) is 10.1. The number of carbonyl (C=O) groups excluding carboxylic acids is 1. The summed E-state index contributed by atoms with van der Waals surface area (Å²) in [4.78, 5) is 14.9. The average Bonchev–Trinajstić information content (AvgIpc) is 2.78. The highest BCUT2D eigenvalue weighted by Crippen LogP contribution is 2.05. The molecule has 0 fully saturated rings. The van der Waals surface area contributed by atoms with Gasteiger partial charge in [-0.05, 0) is 12.1 Å². The molecular formula is C8H6ClN5O2. The predicted octanol–water partition coefficient (Wildman–Crippen LogP) is 0.497. The molecule has 0 N–H and O–H groups in total. The molecule has 0 unspecified atom stereocenters. The number of nitrogens with zero attached hydrogens (tertiary/aromatic N) is 5. The fraction of sp³-hybridized carbons (Fsp3) is 0.125. The highest BCUT2D eigenvalue weighted by molar-refractivity contribution is 6.29. The van der Waals surface area contributed by atoms with E-state index in [1.807, 2.05) is 0 Å². The van der Waals surface area contributed by atoms with Gasteiger partial charge < -0.3 is 4.74 Å². The lowest BCUT2D eigenvalue weighted by molar-refractivity contribution is 0.0587. The van der Waals surface area contributed by atoms with Crippen LogP contribution in [-0.4, -0.2) is 38.0 Å². The van der Waals surface area contributed by atoms with Crippen molar-refractivity contribution < 1.29 is 9.53 Å². The zero-order valence-corrected chi connectivity index (χ0v) is 8.92. The molecule has 0 aromatic carbocycles. The van der Waals surface area contributed by atoms with E-state index in [2.05, 4.69) is 25.0 Å². The third-order valence-electron chi connectivity index (χ3n) is 1.71. The lowest BCUT2D eigenvalue weighted by Gasteiger charge is -1.96. The number of carbonyl (C=O) groups is 1. The Labute approximate surface area is 95.0 Å². The minimum Gasteiger partial charge on any atom is -0.463 e. The van der Waals surface area contributed by atoms with Crippen LogP contribution < -0.4 is 0 Å². The Balaban J connectivity index is 2.31. The highest BCUT2D eigenvalue weighted by atomic mass is 35.5. The van der Waals surface area contributed by atoms with Crippen LogP contribution in [0, 0.1) is 0 Å². The molecule has 0 spiro atoms. The van der Waals surface area contributed by atoms with Crippen LogP contribution in [0.5, 0.6) is 0 Å². The minimum absolute atomic E-state index is 0.0424. The average molecular weight is 240 g/mol. The van der Waals surface area contributed by atoms with Crippen molar-refractivity contribution in [2.45, 2.75) is 0 Å². The topological polar surface area (TPSA) is 82.8 Å². The van der Waals surface area contributed by atoms with E-state index in [9.17, 15) is 4.79 Å². The first-order valence-corrected chi connectivity index (χ1v) is 4.58. The molecule has 0 saturated heterocycles. The molecule has 0 bridgehead atoms. The van der Waals surface area contributed by atoms with E-state index in [4.69, 9.17) is 11.6 Å². The lowest BCUT2D eigenvalue weighted by Crippen LogP contribution is -2.06. The van der Waals surface area contributed by atoms with Gasteiger partial charge >= 0.3 is 5.97 Å². The van der Waals surface area contributed by atoms with E-state index in [1.54, 1.807) is 12.1 Å². The first-order valence-electron chi connectivity index (χ1n) is 4.20. The van der Waals surface area contributed by atoms with Crippen molar-refractivity contribution in [2.75, 3.05) is 7.11 Å². The van der Waals surface area contributed by atoms with Crippen molar-refractivity contribution >= 4 is 17.6 Å². The van der Waals surface area contributed by atoms with Crippen molar-refractivity contribution in [1.82, 2.24) is 25.0 Å². The minimum atomic E-state index is -0.610. The van der Waals surface area contributed by atoms with Gasteiger partial charge in [-0.1, -0.05) is 11.6 Å². The summed E-state index contributed by atoms with van der Waals surface area (Å²) in [5.41, 5.74) is 0. The molecule has 2 heterocycles. The van der Waals surface area contributed by atoms with Crippen LogP contribution in [0.3, 0.4) is 0 Å². The largest absolute Gasteiger partial charge is 0.463 e. The van der Waals surface area contributed by atoms with Gasteiger partial charge in [-0.3, -0.25) is 0 Å². The van der Waals surface area contributed by atoms with Crippen LogP contribution in [0.1, 0.15) is 10.6 Å². The van der Waals surface area contributed by atoms with Gasteiger partial charge in [0.25, 0.3) is 5.82 Å². The second kappa shape index (κ2) is 4.23. The van der Waals surface area contributed by atoms with E-state index in [0.29, 0.717) is 5.82 Å². The Bertz CT molecular complexity index is 509. The second-order valence-electron chi connectivity index (χ2n) is 2.72. The van der Waals surface area contributed by atoms with Gasteiger partial charge in [-0.2, -0.15) is 4.68 Å². The zero-order chi connectivity index (χ0) is 11.5. The Hall–Kier alpha value is -2.02. The quantitative estimate of drug-likeness (QED) is 0.710. The Morgan fingerprint density at radius 1 is 1.44 bits per heavy atom. The molecule has 0 radical (unpaired) electrons. The van der Waals surface area contributed by atoms with E-state index >= 15 is 0 Å². The number of aromatic nitrogens is 5. The summed E-state index contributed by atoms with van der Waals surface area (Å²) in [6.07, 6.45) is 1.34. The standard InChI is InChI=1S/C8H6ClN5O2/c1-16-8(15)7-10-4-14(13-7)6-3-2-5(9)11-12-6/h2-4H,1H3. The van der Waals surface area contributed by atoms with Gasteiger partial charge in [0, 0.05) is 0 Å². The van der Waals surface area contributed by atoms with Crippen LogP contribution in [0.25, 0.3) is 5.82 Å². The number of methoxy groups -OCH3 is 1. The van der Waals surface area contributed by atoms with Gasteiger partial charge in [0.15, 0.2) is 11.0 Å². The summed E-state index contributed by atoms with van der Waals surface area (Å²) < 4.78 is 5.77. The molecule has 2 aromatic heterocycles. The van der Waals surface area contributed by atoms with E-state index in [0.717, 1.165) is 0 Å². The van der Waals surface area contributed by atoms with Crippen LogP contribution in [-0.2, 0) is 4.74 Å². The fourth-order valence-electron chi connectivity index (χ4n) is 0.989. The molecule has 2 aromatic rings. The van der Waals surface area contributed by atoms with Crippen LogP contribution in [0.2, 0.25) is 5.15 Å². The van der Waals surface area contributed by atoms with Crippen LogP contribution in [0.4, 0.5) is 0 Å². The van der Waals surface area contributed by atoms with Gasteiger partial charge in [-0.15, -0.1) is 15.3 Å². The van der Waals surface area contributed by atoms with Crippen molar-refractivity contribution in [3.8, 4) is 5.82 Å². The molecule has 0 atom stereocenters. The smallest absolute Gasteiger partial charge is 0.377 e. The number of rotatable bonds is 2. The van der Waals surface area contributed by atoms with Crippen LogP contribution in [0.15, 0.2) is 18.5 Å². The summed E-state index contributed by atoms with van der Waals surface area (Å²) in [6, 6.07) is 3.16.